The van der Waals surface area contributed by atoms with E-state index in [0.29, 0.717) is 17.5 Å². The summed E-state index contributed by atoms with van der Waals surface area (Å²) in [5.41, 5.74) is 14.1. The number of hydrogen-bond acceptors (Lipinski definition) is 5. The van der Waals surface area contributed by atoms with Crippen LogP contribution in [0, 0.1) is 13.8 Å². The topological polar surface area (TPSA) is 60.8 Å². The molecular weight excluding hydrogens is 637 g/mol. The van der Waals surface area contributed by atoms with Crippen molar-refractivity contribution in [3.8, 4) is 67.7 Å². The number of fused-ring (bicyclic) bond motifs is 9. The van der Waals surface area contributed by atoms with E-state index < -0.39 is 5.41 Å². The maximum atomic E-state index is 6.75. The summed E-state index contributed by atoms with van der Waals surface area (Å²) < 4.78 is 6.75. The van der Waals surface area contributed by atoms with E-state index >= 15 is 0 Å². The summed E-state index contributed by atoms with van der Waals surface area (Å²) >= 11 is 0. The van der Waals surface area contributed by atoms with Gasteiger partial charge < -0.3 is 4.74 Å². The molecule has 6 aromatic carbocycles. The lowest BCUT2D eigenvalue weighted by Crippen LogP contribution is -2.32. The number of benzene rings is 6. The van der Waals surface area contributed by atoms with Gasteiger partial charge in [0.05, 0.1) is 5.41 Å². The Morgan fingerprint density at radius 2 is 1.08 bits per heavy atom. The average Bonchev–Trinajstić information content (AvgIpc) is 3.48. The largest absolute Gasteiger partial charge is 0.457 e. The molecule has 0 saturated heterocycles. The molecule has 1 aliphatic carbocycles. The molecule has 52 heavy (non-hydrogen) atoms. The van der Waals surface area contributed by atoms with E-state index in [1.165, 1.54) is 38.9 Å². The highest BCUT2D eigenvalue weighted by Crippen LogP contribution is 2.62. The van der Waals surface area contributed by atoms with Gasteiger partial charge in [0.2, 0.25) is 0 Å². The lowest BCUT2D eigenvalue weighted by atomic mass is 9.65. The van der Waals surface area contributed by atoms with Gasteiger partial charge in [-0.2, -0.15) is 0 Å². The number of nitrogens with zero attached hydrogens (tertiary/aromatic N) is 4. The van der Waals surface area contributed by atoms with Crippen molar-refractivity contribution in [1.29, 1.82) is 0 Å². The first-order valence-corrected chi connectivity index (χ1v) is 17.5. The van der Waals surface area contributed by atoms with E-state index in [9.17, 15) is 0 Å². The minimum atomic E-state index is -0.659. The Balaban J connectivity index is 1.24. The normalized spacial score (nSPS) is 15.0. The minimum Gasteiger partial charge on any atom is -0.457 e. The second kappa shape index (κ2) is 11.7. The van der Waals surface area contributed by atoms with Gasteiger partial charge in [0, 0.05) is 34.6 Å². The van der Waals surface area contributed by atoms with E-state index in [0.717, 1.165) is 44.9 Å². The molecule has 0 amide bonds. The molecule has 0 N–H and O–H groups in total. The highest BCUT2D eigenvalue weighted by atomic mass is 16.5. The maximum absolute atomic E-state index is 6.75. The van der Waals surface area contributed by atoms with Crippen LogP contribution in [0.15, 0.2) is 158 Å². The Kier molecular flexibility index (Phi) is 6.77. The number of aryl methyl sites for hydroxylation is 2. The van der Waals surface area contributed by atoms with Gasteiger partial charge in [0.1, 0.15) is 17.3 Å². The molecule has 0 bridgehead atoms. The third-order valence-corrected chi connectivity index (χ3v) is 10.5. The molecule has 2 aromatic heterocycles. The Bertz CT molecular complexity index is 2700. The number of rotatable bonds is 4. The van der Waals surface area contributed by atoms with E-state index in [4.69, 9.17) is 19.7 Å². The molecule has 0 fully saturated rings. The highest BCUT2D eigenvalue weighted by molar-refractivity contribution is 5.92. The Morgan fingerprint density at radius 3 is 1.90 bits per heavy atom. The number of para-hydroxylation sites is 1. The van der Waals surface area contributed by atoms with Crippen LogP contribution in [0.2, 0.25) is 0 Å². The highest BCUT2D eigenvalue weighted by Gasteiger charge is 2.51. The molecule has 246 valence electrons. The molecule has 8 aromatic rings. The van der Waals surface area contributed by atoms with Gasteiger partial charge in [-0.1, -0.05) is 109 Å². The second-order valence-corrected chi connectivity index (χ2v) is 13.5. The smallest absolute Gasteiger partial charge is 0.163 e. The van der Waals surface area contributed by atoms with E-state index in [1.54, 1.807) is 0 Å². The standard InChI is InChI=1S/C47H32N4O/c1-29-28-48-25-24-34(29)36-15-7-6-14-35(36)32-20-22-38-37-16-8-9-17-39(37)47(41(38)26-32)40-18-10-11-19-43(40)52-44-23-21-33(27-42(44)47)46-50-30(2)49-45(51-46)31-12-4-3-5-13-31/h3-28H,1-2H3. The molecule has 2 aliphatic rings. The van der Waals surface area contributed by atoms with Crippen LogP contribution in [0.25, 0.3) is 56.2 Å². The van der Waals surface area contributed by atoms with Crippen LogP contribution in [0.3, 0.4) is 0 Å². The van der Waals surface area contributed by atoms with Crippen LogP contribution in [-0.2, 0) is 5.41 Å². The van der Waals surface area contributed by atoms with Crippen LogP contribution in [0.4, 0.5) is 0 Å². The van der Waals surface area contributed by atoms with Crippen LogP contribution in [0.5, 0.6) is 11.5 Å². The van der Waals surface area contributed by atoms with Crippen molar-refractivity contribution in [2.24, 2.45) is 0 Å². The van der Waals surface area contributed by atoms with E-state index in [-0.39, 0.29) is 0 Å². The quantitative estimate of drug-likeness (QED) is 0.187. The van der Waals surface area contributed by atoms with Crippen LogP contribution >= 0.6 is 0 Å². The monoisotopic (exact) mass is 668 g/mol. The van der Waals surface area contributed by atoms with Crippen LogP contribution in [0.1, 0.15) is 33.6 Å². The first kappa shape index (κ1) is 30.1. The van der Waals surface area contributed by atoms with Gasteiger partial charge in [-0.15, -0.1) is 0 Å². The summed E-state index contributed by atoms with van der Waals surface area (Å²) in [7, 11) is 0. The molecule has 10 rings (SSSR count). The zero-order valence-electron chi connectivity index (χ0n) is 28.7. The Labute approximate surface area is 302 Å². The number of pyridine rings is 1. The molecule has 0 radical (unpaired) electrons. The molecule has 1 unspecified atom stereocenters. The fourth-order valence-corrected chi connectivity index (χ4v) is 8.28. The van der Waals surface area contributed by atoms with Crippen LogP contribution < -0.4 is 4.74 Å². The van der Waals surface area contributed by atoms with Gasteiger partial charge >= 0.3 is 0 Å². The SMILES string of the molecule is Cc1nc(-c2ccccc2)nc(-c2ccc3c(c2)C2(c4ccccc4O3)c3ccccc3-c3ccc(-c4ccccc4-c4ccncc4C)cc32)n1. The first-order chi connectivity index (χ1) is 25.6. The summed E-state index contributed by atoms with van der Waals surface area (Å²) in [6.45, 7) is 4.05. The lowest BCUT2D eigenvalue weighted by Gasteiger charge is -2.39. The molecule has 0 saturated carbocycles. The van der Waals surface area contributed by atoms with Gasteiger partial charge in [-0.25, -0.2) is 15.0 Å². The molecule has 5 nitrogen and oxygen atoms in total. The molecule has 1 aliphatic heterocycles. The van der Waals surface area contributed by atoms with Crippen LogP contribution in [-0.4, -0.2) is 19.9 Å². The van der Waals surface area contributed by atoms with Crippen molar-refractivity contribution in [1.82, 2.24) is 19.9 Å². The molecule has 1 atom stereocenters. The van der Waals surface area contributed by atoms with Crippen molar-refractivity contribution in [3.05, 3.63) is 192 Å². The molecule has 3 heterocycles. The third kappa shape index (κ3) is 4.49. The third-order valence-electron chi connectivity index (χ3n) is 10.5. The second-order valence-electron chi connectivity index (χ2n) is 13.5. The predicted octanol–water partition coefficient (Wildman–Crippen LogP) is 11.0. The Morgan fingerprint density at radius 1 is 0.442 bits per heavy atom. The van der Waals surface area contributed by atoms with E-state index in [1.807, 2.05) is 49.6 Å². The van der Waals surface area contributed by atoms with Crippen molar-refractivity contribution >= 4 is 0 Å². The predicted molar refractivity (Wildman–Crippen MR) is 206 cm³/mol. The summed E-state index contributed by atoms with van der Waals surface area (Å²) in [6.07, 6.45) is 3.81. The molecule has 1 spiro atoms. The maximum Gasteiger partial charge on any atom is 0.163 e. The number of hydrogen-bond donors (Lipinski definition) is 0. The molecular formula is C47H32N4O. The van der Waals surface area contributed by atoms with Crippen molar-refractivity contribution in [3.63, 3.8) is 0 Å². The fraction of sp³-hybridized carbons (Fsp3) is 0.0638. The zero-order chi connectivity index (χ0) is 34.8. The van der Waals surface area contributed by atoms with Gasteiger partial charge in [0.25, 0.3) is 0 Å². The summed E-state index contributed by atoms with van der Waals surface area (Å²) in [5.74, 6) is 3.62. The fourth-order valence-electron chi connectivity index (χ4n) is 8.28. The average molecular weight is 669 g/mol. The van der Waals surface area contributed by atoms with Crippen molar-refractivity contribution in [2.75, 3.05) is 0 Å². The summed E-state index contributed by atoms with van der Waals surface area (Å²) in [5, 5.41) is 0. The summed E-state index contributed by atoms with van der Waals surface area (Å²) in [6, 6.07) is 51.5. The zero-order valence-corrected chi connectivity index (χ0v) is 28.7. The van der Waals surface area contributed by atoms with Gasteiger partial charge in [0.15, 0.2) is 11.6 Å². The van der Waals surface area contributed by atoms with Crippen molar-refractivity contribution in [2.45, 2.75) is 19.3 Å². The van der Waals surface area contributed by atoms with Gasteiger partial charge in [-0.3, -0.25) is 4.98 Å². The molecule has 5 heteroatoms. The lowest BCUT2D eigenvalue weighted by molar-refractivity contribution is 0.436. The van der Waals surface area contributed by atoms with Gasteiger partial charge in [-0.05, 0) is 100 Å². The van der Waals surface area contributed by atoms with E-state index in [2.05, 4.69) is 127 Å². The minimum absolute atomic E-state index is 0.630. The Hall–Kier alpha value is -6.72. The number of ether oxygens (including phenoxy) is 1. The first-order valence-electron chi connectivity index (χ1n) is 17.5. The summed E-state index contributed by atoms with van der Waals surface area (Å²) in [4.78, 5) is 18.9. The van der Waals surface area contributed by atoms with Crippen molar-refractivity contribution < 1.29 is 4.74 Å². The number of aromatic nitrogens is 4.